The van der Waals surface area contributed by atoms with Gasteiger partial charge < -0.3 is 60.7 Å². The van der Waals surface area contributed by atoms with Gasteiger partial charge in [0.2, 0.25) is 23.5 Å². The van der Waals surface area contributed by atoms with E-state index >= 15 is 0 Å². The van der Waals surface area contributed by atoms with Crippen LogP contribution in [0.2, 0.25) is 30.7 Å². The van der Waals surface area contributed by atoms with E-state index in [9.17, 15) is 34.5 Å². The van der Waals surface area contributed by atoms with Crippen LogP contribution in [0, 0.1) is 0 Å². The number of carbonyl (C=O) groups is 4. The molecule has 8 bridgehead atoms. The molecular weight excluding hydrogens is 804 g/mol. The molecule has 4 aromatic rings. The zero-order chi connectivity index (χ0) is 42.9. The second kappa shape index (κ2) is 17.1. The van der Waals surface area contributed by atoms with Crippen molar-refractivity contribution < 1.29 is 58.2 Å². The Hall–Kier alpha value is -6.01. The summed E-state index contributed by atoms with van der Waals surface area (Å²) in [5, 5.41) is 41.0. The summed E-state index contributed by atoms with van der Waals surface area (Å²) in [6.45, 7) is 6.40. The van der Waals surface area contributed by atoms with Gasteiger partial charge in [0.15, 0.2) is 17.5 Å². The van der Waals surface area contributed by atoms with Gasteiger partial charge in [-0.2, -0.15) is 0 Å². The molecule has 0 fully saturated rings. The van der Waals surface area contributed by atoms with Crippen LogP contribution in [0.5, 0.6) is 40.2 Å². The third-order valence-corrected chi connectivity index (χ3v) is 12.0. The lowest BCUT2D eigenvalue weighted by Gasteiger charge is -2.31. The first-order valence-corrected chi connectivity index (χ1v) is 22.5. The summed E-state index contributed by atoms with van der Waals surface area (Å²) >= 11 is 6.60. The van der Waals surface area contributed by atoms with Crippen LogP contribution in [0.15, 0.2) is 60.7 Å². The number of hydrogen-bond donors (Lipinski definition) is 7. The van der Waals surface area contributed by atoms with Crippen molar-refractivity contribution in [2.24, 2.45) is 5.73 Å². The lowest BCUT2D eigenvalue weighted by atomic mass is 9.89. The van der Waals surface area contributed by atoms with Gasteiger partial charge in [-0.25, -0.2) is 4.79 Å². The molecule has 8 N–H and O–H groups in total. The molecule has 0 saturated carbocycles. The SMILES string of the molecule is COc1cc(OC)c2c(c1)C(C(=O)OCC[Si](C)(C)C)NC(=O)[C@H]1NC(=O)[C@H](NC(=O)[C@H](N)c3cc(O)c(O)c(c3)Oc3ccc(cc3Cl)[C@H]1O)c1ccc(OC)c-2c1. The highest BCUT2D eigenvalue weighted by Crippen LogP contribution is 2.46. The van der Waals surface area contributed by atoms with Crippen molar-refractivity contribution in [1.29, 1.82) is 0 Å². The Bertz CT molecular complexity index is 2320. The molecule has 7 rings (SSSR count). The minimum Gasteiger partial charge on any atom is -0.504 e. The van der Waals surface area contributed by atoms with Crippen LogP contribution in [0.4, 0.5) is 0 Å². The van der Waals surface area contributed by atoms with E-state index in [0.717, 1.165) is 6.07 Å². The van der Waals surface area contributed by atoms with Gasteiger partial charge in [0.25, 0.3) is 0 Å². The van der Waals surface area contributed by atoms with E-state index in [1.54, 1.807) is 18.2 Å². The summed E-state index contributed by atoms with van der Waals surface area (Å²) in [7, 11) is 2.53. The summed E-state index contributed by atoms with van der Waals surface area (Å²) in [6, 6.07) is 7.96. The molecule has 59 heavy (non-hydrogen) atoms. The standard InChI is InChI=1S/C41H45ClN4O12Si/c1-54-22-17-24-31(29(18-22)56-3)23-13-19(7-9-27(23)55-2)33-39(51)46-35(40(52)45-34(24)41(53)57-11-12-59(4,5)6)36(48)20-8-10-28(25(42)14-20)58-30-16-21(15-26(47)37(30)49)32(43)38(50)44-33/h7-10,13-18,32-36,47-49H,11-12,43H2,1-6H3,(H,44,50)(H,45,52)(H,46,51)/t32-,33-,34?,35+,36-/m1/s1. The van der Waals surface area contributed by atoms with Crippen molar-refractivity contribution in [2.75, 3.05) is 27.9 Å². The molecule has 0 aromatic heterocycles. The first-order valence-electron chi connectivity index (χ1n) is 18.4. The Labute approximate surface area is 345 Å². The fraction of sp³-hybridized carbons (Fsp3) is 0.317. The summed E-state index contributed by atoms with van der Waals surface area (Å²) in [5.41, 5.74) is 7.25. The molecular formula is C41H45ClN4O12Si. The monoisotopic (exact) mass is 848 g/mol. The molecule has 312 valence electrons. The zero-order valence-electron chi connectivity index (χ0n) is 33.0. The third-order valence-electron chi connectivity index (χ3n) is 10.00. The van der Waals surface area contributed by atoms with E-state index in [-0.39, 0.29) is 73.8 Å². The van der Waals surface area contributed by atoms with Crippen molar-refractivity contribution >= 4 is 43.4 Å². The molecule has 3 amide bonds. The predicted molar refractivity (Wildman–Crippen MR) is 218 cm³/mol. The van der Waals surface area contributed by atoms with Crippen LogP contribution in [0.3, 0.4) is 0 Å². The van der Waals surface area contributed by atoms with Gasteiger partial charge in [-0.05, 0) is 65.2 Å². The fourth-order valence-electron chi connectivity index (χ4n) is 6.72. The van der Waals surface area contributed by atoms with Crippen LogP contribution < -0.4 is 40.6 Å². The lowest BCUT2D eigenvalue weighted by molar-refractivity contribution is -0.148. The molecule has 0 aliphatic carbocycles. The molecule has 1 unspecified atom stereocenters. The number of phenols is 2. The highest BCUT2D eigenvalue weighted by Gasteiger charge is 2.40. The van der Waals surface area contributed by atoms with E-state index in [4.69, 9.17) is 41.0 Å². The highest BCUT2D eigenvalue weighted by molar-refractivity contribution is 6.76. The maximum absolute atomic E-state index is 14.7. The number of ether oxygens (including phenoxy) is 5. The Balaban J connectivity index is 1.63. The highest BCUT2D eigenvalue weighted by atomic mass is 35.5. The predicted octanol–water partition coefficient (Wildman–Crippen LogP) is 4.68. The molecule has 3 heterocycles. The van der Waals surface area contributed by atoms with Gasteiger partial charge in [0, 0.05) is 30.8 Å². The number of rotatable bonds is 7. The number of carbonyl (C=O) groups excluding carboxylic acids is 4. The average Bonchev–Trinajstić information content (AvgIpc) is 3.20. The van der Waals surface area contributed by atoms with E-state index in [0.29, 0.717) is 6.04 Å². The Kier molecular flexibility index (Phi) is 12.3. The molecule has 3 aliphatic heterocycles. The van der Waals surface area contributed by atoms with Gasteiger partial charge in [0.05, 0.1) is 33.0 Å². The minimum absolute atomic E-state index is 0.0142. The topological polar surface area (TPSA) is 237 Å². The third kappa shape index (κ3) is 8.87. The van der Waals surface area contributed by atoms with Gasteiger partial charge in [-0.15, -0.1) is 0 Å². The first kappa shape index (κ1) is 42.6. The van der Waals surface area contributed by atoms with Gasteiger partial charge in [-0.3, -0.25) is 14.4 Å². The average molecular weight is 849 g/mol. The van der Waals surface area contributed by atoms with Crippen molar-refractivity contribution in [1.82, 2.24) is 16.0 Å². The van der Waals surface area contributed by atoms with E-state index in [1.807, 2.05) is 0 Å². The van der Waals surface area contributed by atoms with Crippen LogP contribution in [-0.2, 0) is 23.9 Å². The second-order valence-electron chi connectivity index (χ2n) is 15.2. The van der Waals surface area contributed by atoms with Crippen molar-refractivity contribution in [3.05, 3.63) is 87.9 Å². The number of esters is 1. The number of benzene rings is 4. The smallest absolute Gasteiger partial charge is 0.333 e. The fourth-order valence-corrected chi connectivity index (χ4v) is 7.66. The summed E-state index contributed by atoms with van der Waals surface area (Å²) in [4.78, 5) is 57.5. The quantitative estimate of drug-likeness (QED) is 0.0761. The zero-order valence-corrected chi connectivity index (χ0v) is 34.8. The van der Waals surface area contributed by atoms with Gasteiger partial charge in [0.1, 0.15) is 47.2 Å². The number of methoxy groups -OCH3 is 3. The molecule has 3 aliphatic rings. The van der Waals surface area contributed by atoms with Crippen LogP contribution >= 0.6 is 11.6 Å². The molecule has 4 aromatic carbocycles. The number of amides is 3. The van der Waals surface area contributed by atoms with Crippen LogP contribution in [-0.4, -0.2) is 81.1 Å². The largest absolute Gasteiger partial charge is 0.504 e. The molecule has 5 atom stereocenters. The number of nitrogens with one attached hydrogen (secondary N) is 3. The number of hydrogen-bond acceptors (Lipinski definition) is 13. The maximum Gasteiger partial charge on any atom is 0.333 e. The van der Waals surface area contributed by atoms with Crippen LogP contribution in [0.25, 0.3) is 11.1 Å². The summed E-state index contributed by atoms with van der Waals surface area (Å²) in [5.74, 6) is -4.80. The van der Waals surface area contributed by atoms with E-state index in [2.05, 4.69) is 35.6 Å². The molecule has 16 nitrogen and oxygen atoms in total. The number of aliphatic hydroxyl groups excluding tert-OH is 1. The van der Waals surface area contributed by atoms with E-state index < -0.39 is 73.5 Å². The number of aliphatic hydroxyl groups is 1. The Morgan fingerprint density at radius 3 is 2.19 bits per heavy atom. The number of halogens is 1. The van der Waals surface area contributed by atoms with E-state index in [1.165, 1.54) is 57.7 Å². The van der Waals surface area contributed by atoms with Gasteiger partial charge >= 0.3 is 5.97 Å². The number of nitrogens with two attached hydrogens (primary N) is 1. The number of aromatic hydroxyl groups is 2. The van der Waals surface area contributed by atoms with Crippen molar-refractivity contribution in [2.45, 2.75) is 56.0 Å². The van der Waals surface area contributed by atoms with Crippen molar-refractivity contribution in [3.8, 4) is 51.4 Å². The van der Waals surface area contributed by atoms with Crippen molar-refractivity contribution in [3.63, 3.8) is 0 Å². The molecule has 0 saturated heterocycles. The lowest BCUT2D eigenvalue weighted by Crippen LogP contribution is -2.54. The maximum atomic E-state index is 14.7. The number of fused-ring (bicyclic) bond motifs is 8. The molecule has 0 radical (unpaired) electrons. The minimum atomic E-state index is -1.84. The molecule has 18 heteroatoms. The molecule has 0 spiro atoms. The Morgan fingerprint density at radius 1 is 0.814 bits per heavy atom. The Morgan fingerprint density at radius 2 is 1.53 bits per heavy atom. The second-order valence-corrected chi connectivity index (χ2v) is 21.2. The summed E-state index contributed by atoms with van der Waals surface area (Å²) < 4.78 is 28.9. The number of phenolic OH excluding ortho intramolecular Hbond substituents is 2. The summed E-state index contributed by atoms with van der Waals surface area (Å²) in [6.07, 6.45) is -1.84. The first-order chi connectivity index (χ1) is 27.9. The van der Waals surface area contributed by atoms with Crippen LogP contribution in [0.1, 0.15) is 46.5 Å². The normalized spacial score (nSPS) is 20.4. The van der Waals surface area contributed by atoms with Gasteiger partial charge in [-0.1, -0.05) is 43.4 Å².